The third kappa shape index (κ3) is 18.9. The standard InChI is InChI=1S/C48H79N9O11/c1-19-48(18,40(66)57-47(16,17)41(67)68-42(5,6)7)53-35(61)31(25-28(2)3)51-33(59)27-49-36(62)43(8,9)54-38(64)45(12,13)56-39(65)46(14,15)55-37(63)44(10,11)52-34(60)32(50-29(4)58)26-30-23-21-20-22-24-30/h20-24,28,31-32H,19,25-27H2,1-18H3,(H,49,62)(H,50,58)(H,51,59)(H,52,60)(H,53,61)(H,54,64)(H,55,63)(H,56,65)(H,57,66)/t31-,32+,48-/m0/s1. The Bertz CT molecular complexity index is 2040. The van der Waals surface area contributed by atoms with Gasteiger partial charge in [0.25, 0.3) is 0 Å². The molecule has 0 aliphatic carbocycles. The highest BCUT2D eigenvalue weighted by Gasteiger charge is 2.44. The van der Waals surface area contributed by atoms with E-state index in [1.54, 1.807) is 52.0 Å². The van der Waals surface area contributed by atoms with Crippen LogP contribution in [0, 0.1) is 5.92 Å². The van der Waals surface area contributed by atoms with Crippen molar-refractivity contribution in [2.45, 2.75) is 195 Å². The molecule has 9 amide bonds. The summed E-state index contributed by atoms with van der Waals surface area (Å²) in [5, 5.41) is 23.5. The Morgan fingerprint density at radius 2 is 0.956 bits per heavy atom. The van der Waals surface area contributed by atoms with Crippen molar-refractivity contribution in [3.8, 4) is 0 Å². The number of amides is 9. The molecule has 0 radical (unpaired) electrons. The van der Waals surface area contributed by atoms with E-state index in [2.05, 4.69) is 47.9 Å². The summed E-state index contributed by atoms with van der Waals surface area (Å²) in [4.78, 5) is 133. The largest absolute Gasteiger partial charge is 0.458 e. The summed E-state index contributed by atoms with van der Waals surface area (Å²) in [6.45, 7) is 26.7. The normalized spacial score (nSPS) is 14.1. The first-order valence-corrected chi connectivity index (χ1v) is 22.8. The van der Waals surface area contributed by atoms with E-state index in [4.69, 9.17) is 4.74 Å². The van der Waals surface area contributed by atoms with Gasteiger partial charge in [0.2, 0.25) is 53.2 Å². The fourth-order valence-electron chi connectivity index (χ4n) is 6.12. The topological polar surface area (TPSA) is 288 Å². The van der Waals surface area contributed by atoms with E-state index in [-0.39, 0.29) is 25.2 Å². The molecule has 1 aromatic carbocycles. The molecule has 0 bridgehead atoms. The lowest BCUT2D eigenvalue weighted by Gasteiger charge is -2.36. The molecule has 0 aromatic heterocycles. The van der Waals surface area contributed by atoms with Crippen molar-refractivity contribution in [1.82, 2.24) is 47.9 Å². The number of carbonyl (C=O) groups is 10. The van der Waals surface area contributed by atoms with Crippen molar-refractivity contribution >= 4 is 59.1 Å². The van der Waals surface area contributed by atoms with Crippen LogP contribution in [0.4, 0.5) is 0 Å². The van der Waals surface area contributed by atoms with Gasteiger partial charge in [0.15, 0.2) is 0 Å². The lowest BCUT2D eigenvalue weighted by atomic mass is 9.93. The predicted molar refractivity (Wildman–Crippen MR) is 256 cm³/mol. The van der Waals surface area contributed by atoms with Crippen molar-refractivity contribution in [3.63, 3.8) is 0 Å². The molecule has 9 N–H and O–H groups in total. The van der Waals surface area contributed by atoms with Gasteiger partial charge in [-0.3, -0.25) is 43.2 Å². The van der Waals surface area contributed by atoms with Gasteiger partial charge < -0.3 is 52.6 Å². The average Bonchev–Trinajstić information content (AvgIpc) is 3.17. The van der Waals surface area contributed by atoms with Crippen molar-refractivity contribution in [2.24, 2.45) is 5.92 Å². The van der Waals surface area contributed by atoms with Gasteiger partial charge in [-0.25, -0.2) is 4.79 Å². The van der Waals surface area contributed by atoms with Crippen LogP contribution in [0.3, 0.4) is 0 Å². The molecule has 20 heteroatoms. The van der Waals surface area contributed by atoms with Gasteiger partial charge in [-0.2, -0.15) is 0 Å². The zero-order valence-electron chi connectivity index (χ0n) is 43.4. The highest BCUT2D eigenvalue weighted by Crippen LogP contribution is 2.19. The maximum Gasteiger partial charge on any atom is 0.331 e. The Morgan fingerprint density at radius 3 is 1.38 bits per heavy atom. The Balaban J connectivity index is 2.97. The number of hydrogen-bond acceptors (Lipinski definition) is 11. The molecule has 0 aliphatic rings. The van der Waals surface area contributed by atoms with E-state index in [0.717, 1.165) is 5.56 Å². The summed E-state index contributed by atoms with van der Waals surface area (Å²) >= 11 is 0. The lowest BCUT2D eigenvalue weighted by molar-refractivity contribution is -0.163. The fraction of sp³-hybridized carbons (Fsp3) is 0.667. The molecule has 3 atom stereocenters. The molecular formula is C48H79N9O11. The first kappa shape index (κ1) is 59.9. The van der Waals surface area contributed by atoms with Crippen molar-refractivity contribution < 1.29 is 52.7 Å². The number of nitrogens with one attached hydrogen (secondary N) is 9. The number of rotatable bonds is 23. The minimum Gasteiger partial charge on any atom is -0.458 e. The van der Waals surface area contributed by atoms with Gasteiger partial charge >= 0.3 is 5.97 Å². The summed E-state index contributed by atoms with van der Waals surface area (Å²) in [7, 11) is 0. The average molecular weight is 958 g/mol. The van der Waals surface area contributed by atoms with E-state index < -0.39 is 117 Å². The number of hydrogen-bond donors (Lipinski definition) is 9. The van der Waals surface area contributed by atoms with Crippen LogP contribution in [0.2, 0.25) is 0 Å². The van der Waals surface area contributed by atoms with E-state index in [9.17, 15) is 47.9 Å². The number of carbonyl (C=O) groups excluding carboxylic acids is 10. The molecule has 0 spiro atoms. The Hall–Kier alpha value is -6.08. The minimum absolute atomic E-state index is 0.0894. The summed E-state index contributed by atoms with van der Waals surface area (Å²) < 4.78 is 5.44. The molecule has 0 unspecified atom stereocenters. The number of benzene rings is 1. The molecule has 1 aromatic rings. The van der Waals surface area contributed by atoms with E-state index in [1.807, 2.05) is 19.9 Å². The second-order valence-electron chi connectivity index (χ2n) is 21.5. The molecule has 0 heterocycles. The first-order valence-electron chi connectivity index (χ1n) is 22.8. The van der Waals surface area contributed by atoms with Gasteiger partial charge in [0, 0.05) is 13.3 Å². The second kappa shape index (κ2) is 23.3. The quantitative estimate of drug-likeness (QED) is 0.0709. The van der Waals surface area contributed by atoms with Crippen molar-refractivity contribution in [3.05, 3.63) is 35.9 Å². The number of ether oxygens (including phenoxy) is 1. The zero-order chi connectivity index (χ0) is 53.0. The smallest absolute Gasteiger partial charge is 0.331 e. The summed E-state index contributed by atoms with van der Waals surface area (Å²) in [6.07, 6.45) is 0.455. The number of esters is 1. The summed E-state index contributed by atoms with van der Waals surface area (Å²) in [5.74, 6) is -6.99. The van der Waals surface area contributed by atoms with E-state index in [1.165, 1.54) is 83.1 Å². The maximum absolute atomic E-state index is 13.7. The van der Waals surface area contributed by atoms with Crippen LogP contribution in [-0.4, -0.2) is 117 Å². The van der Waals surface area contributed by atoms with Crippen molar-refractivity contribution in [1.29, 1.82) is 0 Å². The van der Waals surface area contributed by atoms with Crippen LogP contribution in [0.15, 0.2) is 30.3 Å². The van der Waals surface area contributed by atoms with E-state index in [0.29, 0.717) is 0 Å². The van der Waals surface area contributed by atoms with Gasteiger partial charge in [-0.05, 0) is 121 Å². The van der Waals surface area contributed by atoms with Crippen molar-refractivity contribution in [2.75, 3.05) is 6.54 Å². The molecule has 0 saturated heterocycles. The van der Waals surface area contributed by atoms with Gasteiger partial charge in [0.1, 0.15) is 50.9 Å². The Morgan fingerprint density at radius 1 is 0.529 bits per heavy atom. The Kier molecular flexibility index (Phi) is 20.5. The SMILES string of the molecule is CC[C@](C)(NC(=O)[C@H](CC(C)C)NC(=O)CNC(=O)C(C)(C)NC(=O)C(C)(C)NC(=O)C(C)(C)NC(=O)C(C)(C)NC(=O)[C@@H](Cc1ccccc1)NC(C)=O)C(=O)NC(C)(C)C(=O)OC(C)(C)C. The molecule has 0 aliphatic heterocycles. The molecule has 1 rings (SSSR count). The molecule has 382 valence electrons. The lowest BCUT2D eigenvalue weighted by Crippen LogP contribution is -2.68. The van der Waals surface area contributed by atoms with Crippen LogP contribution < -0.4 is 47.9 Å². The van der Waals surface area contributed by atoms with Crippen LogP contribution in [-0.2, 0) is 59.1 Å². The molecule has 0 fully saturated rings. The fourth-order valence-corrected chi connectivity index (χ4v) is 6.12. The second-order valence-corrected chi connectivity index (χ2v) is 21.5. The highest BCUT2D eigenvalue weighted by molar-refractivity contribution is 6.01. The monoisotopic (exact) mass is 958 g/mol. The third-order valence-corrected chi connectivity index (χ3v) is 10.7. The maximum atomic E-state index is 13.7. The Labute approximate surface area is 401 Å². The molecule has 0 saturated carbocycles. The predicted octanol–water partition coefficient (Wildman–Crippen LogP) is 1.48. The molecule has 20 nitrogen and oxygen atoms in total. The van der Waals surface area contributed by atoms with Crippen LogP contribution >= 0.6 is 0 Å². The summed E-state index contributed by atoms with van der Waals surface area (Å²) in [6, 6.07) is 6.86. The minimum atomic E-state index is -1.66. The van der Waals surface area contributed by atoms with Crippen LogP contribution in [0.1, 0.15) is 143 Å². The molecular weight excluding hydrogens is 879 g/mol. The molecule has 68 heavy (non-hydrogen) atoms. The summed E-state index contributed by atoms with van der Waals surface area (Å²) in [5.41, 5.74) is -9.46. The van der Waals surface area contributed by atoms with Gasteiger partial charge in [0.05, 0.1) is 6.54 Å². The highest BCUT2D eigenvalue weighted by atomic mass is 16.6. The van der Waals surface area contributed by atoms with Crippen LogP contribution in [0.5, 0.6) is 0 Å². The van der Waals surface area contributed by atoms with Crippen LogP contribution in [0.25, 0.3) is 0 Å². The van der Waals surface area contributed by atoms with Gasteiger partial charge in [-0.15, -0.1) is 0 Å². The first-order chi connectivity index (χ1) is 30.7. The zero-order valence-corrected chi connectivity index (χ0v) is 43.4. The third-order valence-electron chi connectivity index (χ3n) is 10.7. The van der Waals surface area contributed by atoms with E-state index >= 15 is 0 Å². The van der Waals surface area contributed by atoms with Gasteiger partial charge in [-0.1, -0.05) is 51.1 Å².